The summed E-state index contributed by atoms with van der Waals surface area (Å²) in [6, 6.07) is -0.00949. The van der Waals surface area contributed by atoms with Crippen molar-refractivity contribution < 1.29 is 0 Å². The minimum Gasteiger partial charge on any atom is -0.271 e. The van der Waals surface area contributed by atoms with Crippen LogP contribution in [0, 0.1) is 12.3 Å². The molecule has 1 heterocycles. The summed E-state index contributed by atoms with van der Waals surface area (Å²) in [6.45, 7) is 0. The highest BCUT2D eigenvalue weighted by Gasteiger charge is 2.09. The summed E-state index contributed by atoms with van der Waals surface area (Å²) in [4.78, 5) is 8.08. The second-order valence-electron chi connectivity index (χ2n) is 2.59. The van der Waals surface area contributed by atoms with Crippen molar-refractivity contribution in [3.63, 3.8) is 0 Å². The Kier molecular flexibility index (Phi) is 3.89. The summed E-state index contributed by atoms with van der Waals surface area (Å²) in [7, 11) is 0. The van der Waals surface area contributed by atoms with E-state index in [1.165, 1.54) is 0 Å². The maximum absolute atomic E-state index is 5.36. The summed E-state index contributed by atoms with van der Waals surface area (Å²) in [5, 5.41) is 0. The lowest BCUT2D eigenvalue weighted by atomic mass is 10.1. The molecule has 0 bridgehead atoms. The number of nitrogens with zero attached hydrogens (tertiary/aromatic N) is 2. The number of hydrazine groups is 1. The highest BCUT2D eigenvalue weighted by atomic mass is 15.2. The van der Waals surface area contributed by atoms with Gasteiger partial charge >= 0.3 is 0 Å². The van der Waals surface area contributed by atoms with Crippen LogP contribution in [0.5, 0.6) is 0 Å². The SMILES string of the molecule is C#CCCC(NN)c1cnccn1. The third-order valence-electron chi connectivity index (χ3n) is 1.72. The van der Waals surface area contributed by atoms with E-state index in [-0.39, 0.29) is 6.04 Å². The summed E-state index contributed by atoms with van der Waals surface area (Å²) in [5.74, 6) is 7.92. The normalized spacial score (nSPS) is 12.0. The Morgan fingerprint density at radius 2 is 2.46 bits per heavy atom. The minimum atomic E-state index is -0.00949. The molecule has 3 N–H and O–H groups in total. The van der Waals surface area contributed by atoms with Crippen molar-refractivity contribution >= 4 is 0 Å². The van der Waals surface area contributed by atoms with Gasteiger partial charge < -0.3 is 0 Å². The smallest absolute Gasteiger partial charge is 0.0769 e. The zero-order chi connectivity index (χ0) is 9.52. The van der Waals surface area contributed by atoms with E-state index in [1.807, 2.05) is 0 Å². The summed E-state index contributed by atoms with van der Waals surface area (Å²) < 4.78 is 0. The summed E-state index contributed by atoms with van der Waals surface area (Å²) >= 11 is 0. The fraction of sp³-hybridized carbons (Fsp3) is 0.333. The van der Waals surface area contributed by atoms with Crippen molar-refractivity contribution in [1.82, 2.24) is 15.4 Å². The summed E-state index contributed by atoms with van der Waals surface area (Å²) in [5.41, 5.74) is 3.47. The van der Waals surface area contributed by atoms with Gasteiger partial charge in [0.25, 0.3) is 0 Å². The van der Waals surface area contributed by atoms with Gasteiger partial charge in [-0.2, -0.15) is 0 Å². The number of hydrogen-bond donors (Lipinski definition) is 2. The molecule has 0 radical (unpaired) electrons. The molecule has 1 rings (SSSR count). The van der Waals surface area contributed by atoms with Gasteiger partial charge in [-0.05, 0) is 6.42 Å². The molecule has 13 heavy (non-hydrogen) atoms. The molecule has 1 atom stereocenters. The highest BCUT2D eigenvalue weighted by molar-refractivity contribution is 5.02. The number of aromatic nitrogens is 2. The first-order valence-corrected chi connectivity index (χ1v) is 4.04. The molecule has 0 spiro atoms. The molecule has 0 saturated carbocycles. The lowest BCUT2D eigenvalue weighted by molar-refractivity contribution is 0.509. The summed E-state index contributed by atoms with van der Waals surface area (Å²) in [6.07, 6.45) is 11.5. The van der Waals surface area contributed by atoms with Gasteiger partial charge in [0, 0.05) is 18.8 Å². The van der Waals surface area contributed by atoms with Gasteiger partial charge in [-0.15, -0.1) is 12.3 Å². The third kappa shape index (κ3) is 2.82. The van der Waals surface area contributed by atoms with Crippen molar-refractivity contribution in [2.75, 3.05) is 0 Å². The van der Waals surface area contributed by atoms with Crippen molar-refractivity contribution in [2.45, 2.75) is 18.9 Å². The van der Waals surface area contributed by atoms with Crippen molar-refractivity contribution in [1.29, 1.82) is 0 Å². The topological polar surface area (TPSA) is 63.8 Å². The van der Waals surface area contributed by atoms with E-state index in [2.05, 4.69) is 21.3 Å². The lowest BCUT2D eigenvalue weighted by Gasteiger charge is -2.12. The minimum absolute atomic E-state index is 0.00949. The first kappa shape index (κ1) is 9.65. The molecule has 1 aromatic rings. The van der Waals surface area contributed by atoms with Crippen LogP contribution in [0.1, 0.15) is 24.6 Å². The maximum Gasteiger partial charge on any atom is 0.0769 e. The van der Waals surface area contributed by atoms with E-state index < -0.39 is 0 Å². The second-order valence-corrected chi connectivity index (χ2v) is 2.59. The van der Waals surface area contributed by atoms with Crippen molar-refractivity contribution in [2.24, 2.45) is 5.84 Å². The Morgan fingerprint density at radius 3 is 3.00 bits per heavy atom. The van der Waals surface area contributed by atoms with Crippen LogP contribution in [0.4, 0.5) is 0 Å². The number of rotatable bonds is 4. The average molecular weight is 176 g/mol. The number of nitrogens with one attached hydrogen (secondary N) is 1. The highest BCUT2D eigenvalue weighted by Crippen LogP contribution is 2.12. The largest absolute Gasteiger partial charge is 0.271 e. The molecule has 0 aliphatic heterocycles. The zero-order valence-corrected chi connectivity index (χ0v) is 7.27. The van der Waals surface area contributed by atoms with Gasteiger partial charge in [0.15, 0.2) is 0 Å². The van der Waals surface area contributed by atoms with Gasteiger partial charge in [0.05, 0.1) is 17.9 Å². The van der Waals surface area contributed by atoms with Crippen LogP contribution in [-0.2, 0) is 0 Å². The van der Waals surface area contributed by atoms with Crippen LogP contribution in [0.3, 0.4) is 0 Å². The van der Waals surface area contributed by atoms with Crippen LogP contribution in [0.15, 0.2) is 18.6 Å². The van der Waals surface area contributed by atoms with Gasteiger partial charge in [0.1, 0.15) is 0 Å². The van der Waals surface area contributed by atoms with Gasteiger partial charge in [-0.25, -0.2) is 0 Å². The third-order valence-corrected chi connectivity index (χ3v) is 1.72. The molecule has 0 aliphatic carbocycles. The maximum atomic E-state index is 5.36. The molecule has 4 heteroatoms. The molecule has 0 aromatic carbocycles. The van der Waals surface area contributed by atoms with E-state index in [1.54, 1.807) is 18.6 Å². The molecular weight excluding hydrogens is 164 g/mol. The van der Waals surface area contributed by atoms with E-state index in [4.69, 9.17) is 12.3 Å². The van der Waals surface area contributed by atoms with Crippen molar-refractivity contribution in [3.05, 3.63) is 24.3 Å². The Morgan fingerprint density at radius 1 is 1.62 bits per heavy atom. The van der Waals surface area contributed by atoms with Crippen molar-refractivity contribution in [3.8, 4) is 12.3 Å². The van der Waals surface area contributed by atoms with Gasteiger partial charge in [-0.1, -0.05) is 0 Å². The van der Waals surface area contributed by atoms with Crippen LogP contribution >= 0.6 is 0 Å². The zero-order valence-electron chi connectivity index (χ0n) is 7.27. The predicted octanol–water partition coefficient (Wildman–Crippen LogP) is 0.394. The Bertz CT molecular complexity index is 277. The molecule has 0 saturated heterocycles. The van der Waals surface area contributed by atoms with E-state index in [0.717, 1.165) is 12.1 Å². The molecule has 0 fully saturated rings. The van der Waals surface area contributed by atoms with Gasteiger partial charge in [0.2, 0.25) is 0 Å². The van der Waals surface area contributed by atoms with Crippen LogP contribution in [-0.4, -0.2) is 9.97 Å². The van der Waals surface area contributed by atoms with Crippen LogP contribution in [0.2, 0.25) is 0 Å². The monoisotopic (exact) mass is 176 g/mol. The molecular formula is C9H12N4. The molecule has 0 aliphatic rings. The Labute approximate surface area is 77.6 Å². The first-order valence-electron chi connectivity index (χ1n) is 4.04. The molecule has 1 unspecified atom stereocenters. The number of nitrogens with two attached hydrogens (primary N) is 1. The van der Waals surface area contributed by atoms with Crippen LogP contribution in [0.25, 0.3) is 0 Å². The second kappa shape index (κ2) is 5.25. The molecule has 4 nitrogen and oxygen atoms in total. The van der Waals surface area contributed by atoms with E-state index in [0.29, 0.717) is 6.42 Å². The van der Waals surface area contributed by atoms with E-state index >= 15 is 0 Å². The van der Waals surface area contributed by atoms with Gasteiger partial charge in [-0.3, -0.25) is 21.2 Å². The van der Waals surface area contributed by atoms with E-state index in [9.17, 15) is 0 Å². The fourth-order valence-corrected chi connectivity index (χ4v) is 1.03. The van der Waals surface area contributed by atoms with Crippen LogP contribution < -0.4 is 11.3 Å². The molecule has 1 aromatic heterocycles. The number of hydrogen-bond acceptors (Lipinski definition) is 4. The Hall–Kier alpha value is -1.44. The lowest BCUT2D eigenvalue weighted by Crippen LogP contribution is -2.28. The quantitative estimate of drug-likeness (QED) is 0.396. The number of terminal acetylenes is 1. The predicted molar refractivity (Wildman–Crippen MR) is 50.2 cm³/mol. The Balaban J connectivity index is 2.63. The average Bonchev–Trinajstić information content (AvgIpc) is 2.21. The molecule has 68 valence electrons. The fourth-order valence-electron chi connectivity index (χ4n) is 1.03. The first-order chi connectivity index (χ1) is 6.38. The molecule has 0 amide bonds. The standard InChI is InChI=1S/C9H12N4/c1-2-3-4-8(13-10)9-7-11-5-6-12-9/h1,5-8,13H,3-4,10H2.